The van der Waals surface area contributed by atoms with E-state index < -0.39 is 6.17 Å². The lowest BCUT2D eigenvalue weighted by Crippen LogP contribution is -2.40. The maximum Gasteiger partial charge on any atom is 0.292 e. The molecule has 0 bridgehead atoms. The summed E-state index contributed by atoms with van der Waals surface area (Å²) in [5, 5.41) is 5.65. The number of carbonyl (C=O) groups is 1. The van der Waals surface area contributed by atoms with Crippen molar-refractivity contribution in [1.82, 2.24) is 15.0 Å². The molecule has 3 rings (SSSR count). The second-order valence-electron chi connectivity index (χ2n) is 5.91. The highest BCUT2D eigenvalue weighted by atomic mass is 32.1. The van der Waals surface area contributed by atoms with Crippen molar-refractivity contribution in [3.63, 3.8) is 0 Å². The molecule has 1 aliphatic heterocycles. The lowest BCUT2D eigenvalue weighted by atomic mass is 10.2. The Kier molecular flexibility index (Phi) is 5.15. The van der Waals surface area contributed by atoms with Crippen LogP contribution in [0.2, 0.25) is 0 Å². The quantitative estimate of drug-likeness (QED) is 0.798. The predicted octanol–water partition coefficient (Wildman–Crippen LogP) is 2.43. The van der Waals surface area contributed by atoms with Crippen LogP contribution in [0.3, 0.4) is 0 Å². The number of methoxy groups -OCH3 is 1. The van der Waals surface area contributed by atoms with Crippen molar-refractivity contribution < 1.29 is 18.4 Å². The number of halogens is 1. The number of carbonyl (C=O) groups excluding carboxylic acids is 1. The Labute approximate surface area is 143 Å². The number of amides is 1. The summed E-state index contributed by atoms with van der Waals surface area (Å²) in [6.45, 7) is 1.55. The van der Waals surface area contributed by atoms with Crippen LogP contribution >= 0.6 is 11.3 Å². The minimum Gasteiger partial charge on any atom is -0.479 e. The van der Waals surface area contributed by atoms with E-state index in [0.717, 1.165) is 0 Å². The van der Waals surface area contributed by atoms with E-state index in [4.69, 9.17) is 9.26 Å². The van der Waals surface area contributed by atoms with Gasteiger partial charge in [-0.2, -0.15) is 0 Å². The third-order valence-electron chi connectivity index (χ3n) is 4.16. The summed E-state index contributed by atoms with van der Waals surface area (Å²) in [4.78, 5) is 17.2. The topological polar surface area (TPSA) is 58.8 Å². The molecule has 3 heterocycles. The smallest absolute Gasteiger partial charge is 0.292 e. The van der Waals surface area contributed by atoms with E-state index in [-0.39, 0.29) is 23.6 Å². The van der Waals surface area contributed by atoms with Crippen LogP contribution in [-0.2, 0) is 6.54 Å². The van der Waals surface area contributed by atoms with Gasteiger partial charge in [-0.15, -0.1) is 11.3 Å². The van der Waals surface area contributed by atoms with Crippen LogP contribution in [0.25, 0.3) is 0 Å². The summed E-state index contributed by atoms with van der Waals surface area (Å²) in [7, 11) is 3.14. The molecule has 2 atom stereocenters. The molecule has 1 saturated heterocycles. The summed E-state index contributed by atoms with van der Waals surface area (Å²) in [5.41, 5.74) is 0. The van der Waals surface area contributed by atoms with E-state index in [1.54, 1.807) is 23.3 Å². The number of alkyl halides is 1. The number of rotatable bonds is 6. The molecule has 0 aromatic carbocycles. The van der Waals surface area contributed by atoms with E-state index in [9.17, 15) is 9.18 Å². The van der Waals surface area contributed by atoms with Crippen molar-refractivity contribution in [3.05, 3.63) is 34.2 Å². The van der Waals surface area contributed by atoms with Gasteiger partial charge in [0.1, 0.15) is 6.17 Å². The second kappa shape index (κ2) is 7.31. The fraction of sp³-hybridized carbons (Fsp3) is 0.500. The van der Waals surface area contributed by atoms with Crippen LogP contribution in [0.1, 0.15) is 21.9 Å². The molecule has 8 heteroatoms. The number of aromatic nitrogens is 1. The van der Waals surface area contributed by atoms with Crippen molar-refractivity contribution >= 4 is 17.2 Å². The minimum absolute atomic E-state index is 0.0131. The Morgan fingerprint density at radius 1 is 1.62 bits per heavy atom. The summed E-state index contributed by atoms with van der Waals surface area (Å²) in [5.74, 6) is 0.0916. The number of likely N-dealkylation sites (N-methyl/N-ethyl adjacent to an activating group) is 1. The predicted molar refractivity (Wildman–Crippen MR) is 88.0 cm³/mol. The molecule has 1 aliphatic rings. The van der Waals surface area contributed by atoms with Gasteiger partial charge in [-0.05, 0) is 23.0 Å². The highest BCUT2D eigenvalue weighted by Gasteiger charge is 2.34. The van der Waals surface area contributed by atoms with Gasteiger partial charge in [-0.1, -0.05) is 6.07 Å². The average molecular weight is 353 g/mol. The fourth-order valence-electron chi connectivity index (χ4n) is 2.95. The van der Waals surface area contributed by atoms with Crippen LogP contribution < -0.4 is 4.74 Å². The Morgan fingerprint density at radius 2 is 2.46 bits per heavy atom. The van der Waals surface area contributed by atoms with Gasteiger partial charge in [0.05, 0.1) is 13.2 Å². The van der Waals surface area contributed by atoms with Crippen LogP contribution in [0.15, 0.2) is 28.1 Å². The Morgan fingerprint density at radius 3 is 3.12 bits per heavy atom. The molecule has 1 amide bonds. The van der Waals surface area contributed by atoms with E-state index in [1.165, 1.54) is 18.1 Å². The summed E-state index contributed by atoms with van der Waals surface area (Å²) < 4.78 is 23.8. The summed E-state index contributed by atoms with van der Waals surface area (Å²) >= 11 is 1.66. The van der Waals surface area contributed by atoms with E-state index in [0.29, 0.717) is 26.1 Å². The zero-order valence-electron chi connectivity index (χ0n) is 13.6. The number of hydrogen-bond donors (Lipinski definition) is 0. The van der Waals surface area contributed by atoms with Crippen LogP contribution in [0.5, 0.6) is 5.88 Å². The lowest BCUT2D eigenvalue weighted by molar-refractivity contribution is 0.0709. The largest absolute Gasteiger partial charge is 0.479 e. The van der Waals surface area contributed by atoms with Gasteiger partial charge >= 0.3 is 0 Å². The van der Waals surface area contributed by atoms with Crippen molar-refractivity contribution in [1.29, 1.82) is 0 Å². The Bertz CT molecular complexity index is 676. The standard InChI is InChI=1S/C16H20FN3O3S/c1-19(16(21)14-7-15(22-2)18-23-14)9-12-6-11(17)8-20(12)10-13-4-3-5-24-13/h3-5,7,11-12H,6,8-10H2,1-2H3/t11-,12-/m0/s1. The number of likely N-dealkylation sites (tertiary alicyclic amines) is 1. The molecule has 0 radical (unpaired) electrons. The van der Waals surface area contributed by atoms with Gasteiger partial charge in [0, 0.05) is 37.6 Å². The van der Waals surface area contributed by atoms with Crippen molar-refractivity contribution in [2.75, 3.05) is 27.2 Å². The molecule has 0 saturated carbocycles. The van der Waals surface area contributed by atoms with Crippen LogP contribution in [0, 0.1) is 0 Å². The van der Waals surface area contributed by atoms with Gasteiger partial charge in [-0.25, -0.2) is 4.39 Å². The molecular weight excluding hydrogens is 333 g/mol. The minimum atomic E-state index is -0.858. The van der Waals surface area contributed by atoms with Crippen molar-refractivity contribution in [3.8, 4) is 5.88 Å². The fourth-order valence-corrected chi connectivity index (χ4v) is 3.68. The first-order valence-corrected chi connectivity index (χ1v) is 8.61. The van der Waals surface area contributed by atoms with Gasteiger partial charge in [-0.3, -0.25) is 9.69 Å². The number of hydrogen-bond acceptors (Lipinski definition) is 6. The normalized spacial score (nSPS) is 21.1. The van der Waals surface area contributed by atoms with Crippen LogP contribution in [0.4, 0.5) is 4.39 Å². The van der Waals surface area contributed by atoms with Crippen molar-refractivity contribution in [2.45, 2.75) is 25.2 Å². The van der Waals surface area contributed by atoms with E-state index in [1.807, 2.05) is 17.5 Å². The Hall–Kier alpha value is -1.93. The number of nitrogens with zero attached hydrogens (tertiary/aromatic N) is 3. The molecule has 0 aliphatic carbocycles. The molecule has 2 aromatic heterocycles. The monoisotopic (exact) mass is 353 g/mol. The third-order valence-corrected chi connectivity index (χ3v) is 5.02. The molecule has 0 spiro atoms. The third kappa shape index (κ3) is 3.76. The first-order valence-electron chi connectivity index (χ1n) is 7.73. The first kappa shape index (κ1) is 16.9. The van der Waals surface area contributed by atoms with E-state index >= 15 is 0 Å². The molecule has 6 nitrogen and oxygen atoms in total. The molecule has 0 N–H and O–H groups in total. The zero-order chi connectivity index (χ0) is 17.1. The maximum atomic E-state index is 13.9. The van der Waals surface area contributed by atoms with Gasteiger partial charge in [0.25, 0.3) is 11.8 Å². The van der Waals surface area contributed by atoms with Gasteiger partial charge in [0.15, 0.2) is 0 Å². The SMILES string of the molecule is COc1cc(C(=O)N(C)C[C@@H]2C[C@H](F)CN2Cc2cccs2)on1. The average Bonchev–Trinajstić information content (AvgIpc) is 3.29. The van der Waals surface area contributed by atoms with Gasteiger partial charge < -0.3 is 14.2 Å². The highest BCUT2D eigenvalue weighted by Crippen LogP contribution is 2.25. The first-order chi connectivity index (χ1) is 11.6. The number of thiophene rings is 1. The molecule has 0 unspecified atom stereocenters. The molecule has 130 valence electrons. The molecular formula is C16H20FN3O3S. The number of ether oxygens (including phenoxy) is 1. The molecule has 24 heavy (non-hydrogen) atoms. The lowest BCUT2D eigenvalue weighted by Gasteiger charge is -2.27. The van der Waals surface area contributed by atoms with Crippen molar-refractivity contribution in [2.24, 2.45) is 0 Å². The zero-order valence-corrected chi connectivity index (χ0v) is 14.5. The maximum absolute atomic E-state index is 13.9. The highest BCUT2D eigenvalue weighted by molar-refractivity contribution is 7.09. The summed E-state index contributed by atoms with van der Waals surface area (Å²) in [6.07, 6.45) is -0.424. The van der Waals surface area contributed by atoms with Crippen LogP contribution in [-0.4, -0.2) is 60.3 Å². The van der Waals surface area contributed by atoms with E-state index in [2.05, 4.69) is 10.1 Å². The molecule has 2 aromatic rings. The Balaban J connectivity index is 1.63. The summed E-state index contributed by atoms with van der Waals surface area (Å²) in [6, 6.07) is 5.48. The molecule has 1 fully saturated rings. The van der Waals surface area contributed by atoms with Gasteiger partial charge in [0.2, 0.25) is 5.76 Å². The second-order valence-corrected chi connectivity index (χ2v) is 6.95.